The van der Waals surface area contributed by atoms with Crippen molar-refractivity contribution in [2.24, 2.45) is 0 Å². The molecule has 7 nitrogen and oxygen atoms in total. The number of aromatic nitrogens is 3. The number of nitrogens with one attached hydrogen (secondary N) is 2. The number of pyridine rings is 1. The molecule has 0 bridgehead atoms. The average Bonchev–Trinajstić information content (AvgIpc) is 2.76. The molecule has 0 aliphatic heterocycles. The molecule has 96 valence electrons. The molecule has 0 saturated heterocycles. The molecule has 18 heavy (non-hydrogen) atoms. The Morgan fingerprint density at radius 2 is 2.39 bits per heavy atom. The summed E-state index contributed by atoms with van der Waals surface area (Å²) in [7, 11) is 1.61. The highest BCUT2D eigenvalue weighted by molar-refractivity contribution is 5.94. The molecule has 2 N–H and O–H groups in total. The van der Waals surface area contributed by atoms with E-state index in [2.05, 4.69) is 15.5 Å². The van der Waals surface area contributed by atoms with Gasteiger partial charge in [-0.05, 0) is 18.6 Å². The van der Waals surface area contributed by atoms with Gasteiger partial charge in [-0.2, -0.15) is 5.10 Å². The molecule has 0 radical (unpaired) electrons. The van der Waals surface area contributed by atoms with Crippen molar-refractivity contribution >= 4 is 11.6 Å². The van der Waals surface area contributed by atoms with Gasteiger partial charge in [0.2, 0.25) is 0 Å². The first kappa shape index (κ1) is 12.3. The second-order valence-corrected chi connectivity index (χ2v) is 3.78. The largest absolute Gasteiger partial charge is 0.385 e. The van der Waals surface area contributed by atoms with Crippen LogP contribution in [0.3, 0.4) is 0 Å². The van der Waals surface area contributed by atoms with Gasteiger partial charge in [0.15, 0.2) is 5.65 Å². The third kappa shape index (κ3) is 2.57. The molecule has 0 fully saturated rings. The topological polar surface area (TPSA) is 88.5 Å². The van der Waals surface area contributed by atoms with E-state index in [9.17, 15) is 9.59 Å². The molecule has 2 aromatic heterocycles. The summed E-state index contributed by atoms with van der Waals surface area (Å²) in [6.45, 7) is 1.13. The predicted molar refractivity (Wildman–Crippen MR) is 64.6 cm³/mol. The van der Waals surface area contributed by atoms with Gasteiger partial charge in [0.1, 0.15) is 0 Å². The lowest BCUT2D eigenvalue weighted by Gasteiger charge is -2.04. The summed E-state index contributed by atoms with van der Waals surface area (Å²) in [4.78, 5) is 23.1. The van der Waals surface area contributed by atoms with Crippen molar-refractivity contribution in [1.29, 1.82) is 0 Å². The van der Waals surface area contributed by atoms with Crippen molar-refractivity contribution in [3.05, 3.63) is 34.4 Å². The fraction of sp³-hybridized carbons (Fsp3) is 0.364. The number of hydrogen-bond donors (Lipinski definition) is 2. The van der Waals surface area contributed by atoms with Crippen molar-refractivity contribution in [3.63, 3.8) is 0 Å². The normalized spacial score (nSPS) is 10.7. The lowest BCUT2D eigenvalue weighted by molar-refractivity contribution is 0.0948. The van der Waals surface area contributed by atoms with Crippen LogP contribution in [-0.2, 0) is 4.74 Å². The van der Waals surface area contributed by atoms with E-state index in [0.29, 0.717) is 24.4 Å². The Balaban J connectivity index is 2.08. The highest BCUT2D eigenvalue weighted by Gasteiger charge is 2.07. The maximum absolute atomic E-state index is 11.8. The third-order valence-corrected chi connectivity index (χ3v) is 2.48. The summed E-state index contributed by atoms with van der Waals surface area (Å²) in [6, 6.07) is 3.24. The minimum absolute atomic E-state index is 0.221. The number of aromatic amines is 1. The summed E-state index contributed by atoms with van der Waals surface area (Å²) in [5, 5.41) is 8.84. The molecular formula is C11H14N4O3. The van der Waals surface area contributed by atoms with E-state index in [-0.39, 0.29) is 11.6 Å². The SMILES string of the molecule is COCCCNC(=O)c1ccc2n[nH]c(=O)n2c1. The number of fused-ring (bicyclic) bond motifs is 1. The van der Waals surface area contributed by atoms with Crippen LogP contribution >= 0.6 is 0 Å². The second-order valence-electron chi connectivity index (χ2n) is 3.78. The summed E-state index contributed by atoms with van der Waals surface area (Å²) < 4.78 is 6.18. The minimum Gasteiger partial charge on any atom is -0.385 e. The number of rotatable bonds is 5. The molecule has 0 saturated carbocycles. The second kappa shape index (κ2) is 5.46. The van der Waals surface area contributed by atoms with E-state index >= 15 is 0 Å². The lowest BCUT2D eigenvalue weighted by atomic mass is 10.2. The fourth-order valence-corrected chi connectivity index (χ4v) is 1.56. The Labute approximate surface area is 103 Å². The fourth-order valence-electron chi connectivity index (χ4n) is 1.56. The number of nitrogens with zero attached hydrogens (tertiary/aromatic N) is 2. The number of H-pyrrole nitrogens is 1. The number of carbonyl (C=O) groups excluding carboxylic acids is 1. The van der Waals surface area contributed by atoms with Gasteiger partial charge in [-0.15, -0.1) is 0 Å². The number of ether oxygens (including phenoxy) is 1. The Morgan fingerprint density at radius 1 is 1.56 bits per heavy atom. The van der Waals surface area contributed by atoms with Crippen LogP contribution in [0.2, 0.25) is 0 Å². The van der Waals surface area contributed by atoms with Crippen LogP contribution in [0, 0.1) is 0 Å². The van der Waals surface area contributed by atoms with E-state index in [1.165, 1.54) is 10.6 Å². The van der Waals surface area contributed by atoms with Crippen LogP contribution in [0.25, 0.3) is 5.65 Å². The van der Waals surface area contributed by atoms with Gasteiger partial charge in [0.05, 0.1) is 5.56 Å². The van der Waals surface area contributed by atoms with Crippen molar-refractivity contribution < 1.29 is 9.53 Å². The van der Waals surface area contributed by atoms with Crippen LogP contribution in [-0.4, -0.2) is 40.8 Å². The van der Waals surface area contributed by atoms with Crippen molar-refractivity contribution in [1.82, 2.24) is 19.9 Å². The monoisotopic (exact) mass is 250 g/mol. The summed E-state index contributed by atoms with van der Waals surface area (Å²) in [5.74, 6) is -0.221. The summed E-state index contributed by atoms with van der Waals surface area (Å²) in [5.41, 5.74) is 0.540. The van der Waals surface area contributed by atoms with E-state index < -0.39 is 0 Å². The van der Waals surface area contributed by atoms with Crippen LogP contribution < -0.4 is 11.0 Å². The Hall–Kier alpha value is -2.15. The van der Waals surface area contributed by atoms with Crippen molar-refractivity contribution in [2.75, 3.05) is 20.3 Å². The summed E-state index contributed by atoms with van der Waals surface area (Å²) >= 11 is 0. The molecule has 0 unspecified atom stereocenters. The van der Waals surface area contributed by atoms with Gasteiger partial charge < -0.3 is 10.1 Å². The molecule has 0 aliphatic carbocycles. The van der Waals surface area contributed by atoms with Crippen molar-refractivity contribution in [2.45, 2.75) is 6.42 Å². The number of methoxy groups -OCH3 is 1. The lowest BCUT2D eigenvalue weighted by Crippen LogP contribution is -2.25. The van der Waals surface area contributed by atoms with Gasteiger partial charge in [-0.25, -0.2) is 14.3 Å². The van der Waals surface area contributed by atoms with Crippen LogP contribution in [0.5, 0.6) is 0 Å². The first-order valence-corrected chi connectivity index (χ1v) is 5.56. The zero-order valence-electron chi connectivity index (χ0n) is 9.97. The average molecular weight is 250 g/mol. The minimum atomic E-state index is -0.362. The third-order valence-electron chi connectivity index (χ3n) is 2.48. The Bertz CT molecular complexity index is 602. The molecular weight excluding hydrogens is 236 g/mol. The zero-order chi connectivity index (χ0) is 13.0. The predicted octanol–water partition coefficient (Wildman–Crippen LogP) is -0.211. The molecule has 2 heterocycles. The molecule has 1 amide bonds. The van der Waals surface area contributed by atoms with Gasteiger partial charge in [-0.1, -0.05) is 0 Å². The molecule has 0 aliphatic rings. The maximum atomic E-state index is 11.8. The number of hydrogen-bond acceptors (Lipinski definition) is 4. The van der Waals surface area contributed by atoms with E-state index in [0.717, 1.165) is 6.42 Å². The Kier molecular flexibility index (Phi) is 3.73. The molecule has 0 spiro atoms. The van der Waals surface area contributed by atoms with Crippen LogP contribution in [0.1, 0.15) is 16.8 Å². The van der Waals surface area contributed by atoms with E-state index in [1.54, 1.807) is 19.2 Å². The Morgan fingerprint density at radius 3 is 3.17 bits per heavy atom. The van der Waals surface area contributed by atoms with Gasteiger partial charge in [0.25, 0.3) is 5.91 Å². The van der Waals surface area contributed by atoms with Crippen LogP contribution in [0.4, 0.5) is 0 Å². The quantitative estimate of drug-likeness (QED) is 0.719. The van der Waals surface area contributed by atoms with Gasteiger partial charge in [0, 0.05) is 26.5 Å². The molecule has 0 aromatic carbocycles. The van der Waals surface area contributed by atoms with Crippen LogP contribution in [0.15, 0.2) is 23.1 Å². The molecule has 2 rings (SSSR count). The molecule has 7 heteroatoms. The van der Waals surface area contributed by atoms with Gasteiger partial charge >= 0.3 is 5.69 Å². The molecule has 0 atom stereocenters. The highest BCUT2D eigenvalue weighted by Crippen LogP contribution is 2.01. The first-order valence-electron chi connectivity index (χ1n) is 5.56. The van der Waals surface area contributed by atoms with E-state index in [4.69, 9.17) is 4.74 Å². The first-order chi connectivity index (χ1) is 8.72. The number of amides is 1. The summed E-state index contributed by atoms with van der Waals surface area (Å²) in [6.07, 6.45) is 2.21. The zero-order valence-corrected chi connectivity index (χ0v) is 9.97. The van der Waals surface area contributed by atoms with Crippen molar-refractivity contribution in [3.8, 4) is 0 Å². The number of carbonyl (C=O) groups is 1. The maximum Gasteiger partial charge on any atom is 0.347 e. The molecule has 2 aromatic rings. The van der Waals surface area contributed by atoms with E-state index in [1.807, 2.05) is 0 Å². The smallest absolute Gasteiger partial charge is 0.347 e. The highest BCUT2D eigenvalue weighted by atomic mass is 16.5. The van der Waals surface area contributed by atoms with Gasteiger partial charge in [-0.3, -0.25) is 4.79 Å². The standard InChI is InChI=1S/C11H14N4O3/c1-18-6-2-5-12-10(16)8-3-4-9-13-14-11(17)15(9)7-8/h3-4,7H,2,5-6H2,1H3,(H,12,16)(H,14,17).